The number of ketones is 1. The van der Waals surface area contributed by atoms with E-state index < -0.39 is 0 Å². The Bertz CT molecular complexity index is 652. The summed E-state index contributed by atoms with van der Waals surface area (Å²) in [6.07, 6.45) is 0. The van der Waals surface area contributed by atoms with Crippen molar-refractivity contribution in [3.8, 4) is 5.75 Å². The summed E-state index contributed by atoms with van der Waals surface area (Å²) in [4.78, 5) is 23.5. The first kappa shape index (κ1) is 15.8. The number of Topliss-reactive ketones (excluding diaryl/α,β-unsaturated/α-hetero) is 1. The van der Waals surface area contributed by atoms with Crippen LogP contribution in [0.25, 0.3) is 0 Å². The van der Waals surface area contributed by atoms with Crippen molar-refractivity contribution < 1.29 is 14.3 Å². The fraction of sp³-hybridized carbons (Fsp3) is 0.222. The number of rotatable bonds is 6. The summed E-state index contributed by atoms with van der Waals surface area (Å²) < 4.78 is 5.46. The van der Waals surface area contributed by atoms with Gasteiger partial charge in [0.25, 0.3) is 5.91 Å². The molecule has 2 rings (SSSR count). The minimum Gasteiger partial charge on any atom is -0.483 e. The molecular formula is C18H19NO3. The molecule has 4 heteroatoms. The van der Waals surface area contributed by atoms with Gasteiger partial charge in [-0.1, -0.05) is 42.5 Å². The minimum absolute atomic E-state index is 0.0892. The predicted octanol–water partition coefficient (Wildman–Crippen LogP) is 3.15. The number of carbonyl (C=O) groups excluding carboxylic acids is 2. The highest BCUT2D eigenvalue weighted by atomic mass is 16.5. The molecule has 0 aliphatic heterocycles. The molecule has 0 bridgehead atoms. The van der Waals surface area contributed by atoms with Crippen LogP contribution in [0.1, 0.15) is 35.8 Å². The second-order valence-electron chi connectivity index (χ2n) is 5.04. The van der Waals surface area contributed by atoms with Gasteiger partial charge in [-0.2, -0.15) is 0 Å². The molecule has 0 aromatic heterocycles. The van der Waals surface area contributed by atoms with Crippen molar-refractivity contribution in [1.29, 1.82) is 0 Å². The van der Waals surface area contributed by atoms with Crippen LogP contribution in [0.3, 0.4) is 0 Å². The molecular weight excluding hydrogens is 278 g/mol. The smallest absolute Gasteiger partial charge is 0.258 e. The third-order valence-corrected chi connectivity index (χ3v) is 3.30. The number of carbonyl (C=O) groups is 2. The zero-order valence-corrected chi connectivity index (χ0v) is 12.7. The third-order valence-electron chi connectivity index (χ3n) is 3.30. The summed E-state index contributed by atoms with van der Waals surface area (Å²) in [5.41, 5.74) is 1.51. The van der Waals surface area contributed by atoms with E-state index in [4.69, 9.17) is 4.74 Å². The zero-order chi connectivity index (χ0) is 15.9. The summed E-state index contributed by atoms with van der Waals surface area (Å²) in [7, 11) is 0. The van der Waals surface area contributed by atoms with Crippen LogP contribution in [0.5, 0.6) is 5.75 Å². The molecule has 0 heterocycles. The van der Waals surface area contributed by atoms with Crippen molar-refractivity contribution in [3.05, 3.63) is 65.7 Å². The quantitative estimate of drug-likeness (QED) is 0.833. The largest absolute Gasteiger partial charge is 0.483 e. The summed E-state index contributed by atoms with van der Waals surface area (Å²) in [6, 6.07) is 16.5. The van der Waals surface area contributed by atoms with E-state index >= 15 is 0 Å². The zero-order valence-electron chi connectivity index (χ0n) is 12.7. The molecule has 22 heavy (non-hydrogen) atoms. The molecule has 0 saturated carbocycles. The van der Waals surface area contributed by atoms with E-state index in [0.29, 0.717) is 11.3 Å². The van der Waals surface area contributed by atoms with E-state index in [1.807, 2.05) is 37.3 Å². The van der Waals surface area contributed by atoms with Crippen molar-refractivity contribution >= 4 is 11.7 Å². The normalized spacial score (nSPS) is 11.5. The Kier molecular flexibility index (Phi) is 5.31. The number of benzene rings is 2. The van der Waals surface area contributed by atoms with E-state index in [1.54, 1.807) is 24.3 Å². The lowest BCUT2D eigenvalue weighted by molar-refractivity contribution is -0.123. The Morgan fingerprint density at radius 2 is 1.68 bits per heavy atom. The van der Waals surface area contributed by atoms with Gasteiger partial charge in [0.2, 0.25) is 0 Å². The van der Waals surface area contributed by atoms with Gasteiger partial charge in [-0.25, -0.2) is 0 Å². The topological polar surface area (TPSA) is 55.4 Å². The Balaban J connectivity index is 1.92. The van der Waals surface area contributed by atoms with Crippen LogP contribution in [-0.2, 0) is 4.79 Å². The second kappa shape index (κ2) is 7.41. The molecule has 2 aromatic carbocycles. The lowest BCUT2D eigenvalue weighted by atomic mass is 10.1. The van der Waals surface area contributed by atoms with Gasteiger partial charge in [-0.05, 0) is 31.5 Å². The maximum absolute atomic E-state index is 12.0. The number of para-hydroxylation sites is 1. The molecule has 0 unspecified atom stereocenters. The number of nitrogens with one attached hydrogen (secondary N) is 1. The predicted molar refractivity (Wildman–Crippen MR) is 84.9 cm³/mol. The van der Waals surface area contributed by atoms with Gasteiger partial charge in [0.05, 0.1) is 11.6 Å². The molecule has 1 N–H and O–H groups in total. The maximum Gasteiger partial charge on any atom is 0.258 e. The molecule has 4 nitrogen and oxygen atoms in total. The fourth-order valence-corrected chi connectivity index (χ4v) is 2.13. The molecule has 2 aromatic rings. The molecule has 0 spiro atoms. The summed E-state index contributed by atoms with van der Waals surface area (Å²) in [5.74, 6) is 0.112. The van der Waals surface area contributed by atoms with Gasteiger partial charge in [0.1, 0.15) is 5.75 Å². The minimum atomic E-state index is -0.227. The number of hydrogen-bond acceptors (Lipinski definition) is 3. The monoisotopic (exact) mass is 297 g/mol. The van der Waals surface area contributed by atoms with Crippen LogP contribution in [-0.4, -0.2) is 18.3 Å². The lowest BCUT2D eigenvalue weighted by Gasteiger charge is -2.15. The first-order valence-corrected chi connectivity index (χ1v) is 7.15. The fourth-order valence-electron chi connectivity index (χ4n) is 2.13. The second-order valence-corrected chi connectivity index (χ2v) is 5.04. The van der Waals surface area contributed by atoms with Gasteiger partial charge in [0.15, 0.2) is 12.4 Å². The highest BCUT2D eigenvalue weighted by Gasteiger charge is 2.12. The van der Waals surface area contributed by atoms with Crippen molar-refractivity contribution in [2.45, 2.75) is 19.9 Å². The average Bonchev–Trinajstić information content (AvgIpc) is 2.54. The van der Waals surface area contributed by atoms with Crippen LogP contribution in [0.4, 0.5) is 0 Å². The van der Waals surface area contributed by atoms with Gasteiger partial charge < -0.3 is 10.1 Å². The van der Waals surface area contributed by atoms with Crippen LogP contribution >= 0.6 is 0 Å². The van der Waals surface area contributed by atoms with Crippen LogP contribution in [0.15, 0.2) is 54.6 Å². The molecule has 114 valence electrons. The average molecular weight is 297 g/mol. The maximum atomic E-state index is 12.0. The Labute approximate surface area is 130 Å². The standard InChI is InChI=1S/C18H19NO3/c1-13(15-8-4-3-5-9-15)19-18(21)12-22-17-11-7-6-10-16(17)14(2)20/h3-11,13H,12H2,1-2H3,(H,19,21)/t13-/m0/s1. The Morgan fingerprint density at radius 3 is 2.36 bits per heavy atom. The first-order chi connectivity index (χ1) is 10.6. The van der Waals surface area contributed by atoms with Gasteiger partial charge in [-0.3, -0.25) is 9.59 Å². The van der Waals surface area contributed by atoms with Crippen molar-refractivity contribution in [2.24, 2.45) is 0 Å². The van der Waals surface area contributed by atoms with Gasteiger partial charge >= 0.3 is 0 Å². The SMILES string of the molecule is CC(=O)c1ccccc1OCC(=O)N[C@@H](C)c1ccccc1. The molecule has 0 saturated heterocycles. The van der Waals surface area contributed by atoms with E-state index in [2.05, 4.69) is 5.32 Å². The van der Waals surface area contributed by atoms with Crippen LogP contribution < -0.4 is 10.1 Å². The highest BCUT2D eigenvalue weighted by Crippen LogP contribution is 2.18. The molecule has 0 fully saturated rings. The van der Waals surface area contributed by atoms with E-state index in [-0.39, 0.29) is 24.3 Å². The summed E-state index contributed by atoms with van der Waals surface area (Å²) in [5, 5.41) is 2.87. The molecule has 1 atom stereocenters. The molecule has 0 aliphatic rings. The van der Waals surface area contributed by atoms with Crippen molar-refractivity contribution in [2.75, 3.05) is 6.61 Å². The van der Waals surface area contributed by atoms with Crippen molar-refractivity contribution in [1.82, 2.24) is 5.32 Å². The lowest BCUT2D eigenvalue weighted by Crippen LogP contribution is -2.31. The molecule has 0 radical (unpaired) electrons. The highest BCUT2D eigenvalue weighted by molar-refractivity contribution is 5.96. The van der Waals surface area contributed by atoms with E-state index in [1.165, 1.54) is 6.92 Å². The van der Waals surface area contributed by atoms with E-state index in [9.17, 15) is 9.59 Å². The van der Waals surface area contributed by atoms with Crippen LogP contribution in [0.2, 0.25) is 0 Å². The van der Waals surface area contributed by atoms with Crippen LogP contribution in [0, 0.1) is 0 Å². The number of hydrogen-bond donors (Lipinski definition) is 1. The third kappa shape index (κ3) is 4.19. The van der Waals surface area contributed by atoms with Gasteiger partial charge in [-0.15, -0.1) is 0 Å². The first-order valence-electron chi connectivity index (χ1n) is 7.15. The number of ether oxygens (including phenoxy) is 1. The Morgan fingerprint density at radius 1 is 1.05 bits per heavy atom. The Hall–Kier alpha value is -2.62. The molecule has 0 aliphatic carbocycles. The summed E-state index contributed by atoms with van der Waals surface area (Å²) in [6.45, 7) is 3.26. The van der Waals surface area contributed by atoms with Gasteiger partial charge in [0, 0.05) is 0 Å². The number of amides is 1. The van der Waals surface area contributed by atoms with E-state index in [0.717, 1.165) is 5.56 Å². The van der Waals surface area contributed by atoms with Crippen molar-refractivity contribution in [3.63, 3.8) is 0 Å². The summed E-state index contributed by atoms with van der Waals surface area (Å²) >= 11 is 0. The molecule has 1 amide bonds.